The van der Waals surface area contributed by atoms with Gasteiger partial charge in [-0.05, 0) is 44.4 Å². The van der Waals surface area contributed by atoms with Crippen LogP contribution in [0.1, 0.15) is 30.2 Å². The van der Waals surface area contributed by atoms with E-state index in [9.17, 15) is 9.59 Å². The van der Waals surface area contributed by atoms with E-state index in [2.05, 4.69) is 32.4 Å². The van der Waals surface area contributed by atoms with Gasteiger partial charge in [-0.15, -0.1) is 0 Å². The summed E-state index contributed by atoms with van der Waals surface area (Å²) in [6, 6.07) is 15.6. The molecule has 144 valence electrons. The number of H-pyrrole nitrogens is 1. The van der Waals surface area contributed by atoms with E-state index in [4.69, 9.17) is 0 Å². The van der Waals surface area contributed by atoms with Gasteiger partial charge in [-0.1, -0.05) is 36.4 Å². The van der Waals surface area contributed by atoms with E-state index < -0.39 is 0 Å². The molecule has 0 saturated carbocycles. The largest absolute Gasteiger partial charge is 0.353 e. The molecule has 0 aliphatic rings. The number of aryl methyl sites for hydroxylation is 2. The molecule has 1 atom stereocenters. The van der Waals surface area contributed by atoms with Gasteiger partial charge in [0.15, 0.2) is 5.82 Å². The number of carbonyl (C=O) groups is 1. The van der Waals surface area contributed by atoms with Crippen LogP contribution in [-0.4, -0.2) is 26.9 Å². The molecule has 2 aromatic heterocycles. The van der Waals surface area contributed by atoms with E-state index >= 15 is 0 Å². The number of nitrogens with zero attached hydrogens (tertiary/aromatic N) is 2. The highest BCUT2D eigenvalue weighted by molar-refractivity contribution is 5.79. The molecule has 0 aliphatic carbocycles. The minimum Gasteiger partial charge on any atom is -0.353 e. The smallest absolute Gasteiger partial charge is 0.255 e. The Bertz CT molecular complexity index is 984. The van der Waals surface area contributed by atoms with Gasteiger partial charge in [-0.2, -0.15) is 0 Å². The molecule has 2 N–H and O–H groups in total. The quantitative estimate of drug-likeness (QED) is 0.664. The second kappa shape index (κ2) is 9.08. The highest BCUT2D eigenvalue weighted by Gasteiger charge is 2.15. The summed E-state index contributed by atoms with van der Waals surface area (Å²) in [6.45, 7) is 3.71. The molecule has 0 radical (unpaired) electrons. The number of hydrogen-bond acceptors (Lipinski definition) is 4. The molecule has 1 amide bonds. The van der Waals surface area contributed by atoms with Crippen molar-refractivity contribution in [1.29, 1.82) is 0 Å². The Morgan fingerprint density at radius 3 is 2.57 bits per heavy atom. The first-order chi connectivity index (χ1) is 13.5. The van der Waals surface area contributed by atoms with E-state index in [0.717, 1.165) is 12.8 Å². The molecule has 0 aliphatic heterocycles. The van der Waals surface area contributed by atoms with Crippen LogP contribution in [0, 0.1) is 6.92 Å². The number of benzene rings is 1. The van der Waals surface area contributed by atoms with Crippen LogP contribution in [-0.2, 0) is 17.6 Å². The van der Waals surface area contributed by atoms with Gasteiger partial charge in [-0.25, -0.2) is 4.98 Å². The minimum absolute atomic E-state index is 0.00629. The SMILES string of the molecule is Cc1nc(-c2ccccn2)[nH]c(=O)c1CC(=O)N[C@H](C)CCc1ccccc1. The molecule has 1 aromatic carbocycles. The van der Waals surface area contributed by atoms with Crippen molar-refractivity contribution in [3.05, 3.63) is 81.9 Å². The van der Waals surface area contributed by atoms with E-state index in [1.807, 2.05) is 31.2 Å². The van der Waals surface area contributed by atoms with Gasteiger partial charge in [0, 0.05) is 23.5 Å². The molecule has 28 heavy (non-hydrogen) atoms. The number of carbonyl (C=O) groups excluding carboxylic acids is 1. The normalized spacial score (nSPS) is 11.8. The molecule has 3 aromatic rings. The van der Waals surface area contributed by atoms with Crippen molar-refractivity contribution >= 4 is 5.91 Å². The average molecular weight is 376 g/mol. The van der Waals surface area contributed by atoms with E-state index in [-0.39, 0.29) is 23.9 Å². The van der Waals surface area contributed by atoms with Crippen LogP contribution in [0.5, 0.6) is 0 Å². The lowest BCUT2D eigenvalue weighted by atomic mass is 10.1. The summed E-state index contributed by atoms with van der Waals surface area (Å²) >= 11 is 0. The number of aromatic amines is 1. The molecule has 3 rings (SSSR count). The summed E-state index contributed by atoms with van der Waals surface area (Å²) < 4.78 is 0. The average Bonchev–Trinajstić information content (AvgIpc) is 2.70. The molecule has 0 saturated heterocycles. The second-order valence-corrected chi connectivity index (χ2v) is 6.86. The third-order valence-electron chi connectivity index (χ3n) is 4.58. The zero-order chi connectivity index (χ0) is 19.9. The fraction of sp³-hybridized carbons (Fsp3) is 0.273. The fourth-order valence-electron chi connectivity index (χ4n) is 3.03. The molecule has 0 spiro atoms. The maximum absolute atomic E-state index is 12.5. The third-order valence-corrected chi connectivity index (χ3v) is 4.58. The monoisotopic (exact) mass is 376 g/mol. The Morgan fingerprint density at radius 2 is 1.89 bits per heavy atom. The summed E-state index contributed by atoms with van der Waals surface area (Å²) in [5.41, 5.74) is 2.45. The van der Waals surface area contributed by atoms with Crippen LogP contribution in [0.3, 0.4) is 0 Å². The molecule has 6 heteroatoms. The van der Waals surface area contributed by atoms with Crippen LogP contribution >= 0.6 is 0 Å². The van der Waals surface area contributed by atoms with Crippen LogP contribution in [0.25, 0.3) is 11.5 Å². The minimum atomic E-state index is -0.305. The van der Waals surface area contributed by atoms with Gasteiger partial charge in [0.05, 0.1) is 6.42 Å². The van der Waals surface area contributed by atoms with Crippen molar-refractivity contribution in [3.8, 4) is 11.5 Å². The third kappa shape index (κ3) is 5.13. The maximum atomic E-state index is 12.5. The molecule has 0 fully saturated rings. The van der Waals surface area contributed by atoms with Crippen molar-refractivity contribution in [2.45, 2.75) is 39.2 Å². The Morgan fingerprint density at radius 1 is 1.14 bits per heavy atom. The molecule has 6 nitrogen and oxygen atoms in total. The summed E-state index contributed by atoms with van der Waals surface area (Å²) in [5, 5.41) is 2.97. The summed E-state index contributed by atoms with van der Waals surface area (Å²) in [5.74, 6) is 0.227. The molecular weight excluding hydrogens is 352 g/mol. The van der Waals surface area contributed by atoms with E-state index in [0.29, 0.717) is 22.8 Å². The second-order valence-electron chi connectivity index (χ2n) is 6.86. The van der Waals surface area contributed by atoms with Gasteiger partial charge in [-0.3, -0.25) is 14.6 Å². The number of hydrogen-bond donors (Lipinski definition) is 2. The number of nitrogens with one attached hydrogen (secondary N) is 2. The van der Waals surface area contributed by atoms with Crippen LogP contribution in [0.2, 0.25) is 0 Å². The summed E-state index contributed by atoms with van der Waals surface area (Å²) in [7, 11) is 0. The zero-order valence-electron chi connectivity index (χ0n) is 16.1. The van der Waals surface area contributed by atoms with E-state index in [1.165, 1.54) is 5.56 Å². The number of aromatic nitrogens is 3. The first-order valence-electron chi connectivity index (χ1n) is 9.37. The first kappa shape index (κ1) is 19.5. The lowest BCUT2D eigenvalue weighted by Crippen LogP contribution is -2.35. The lowest BCUT2D eigenvalue weighted by molar-refractivity contribution is -0.121. The maximum Gasteiger partial charge on any atom is 0.255 e. The highest BCUT2D eigenvalue weighted by atomic mass is 16.2. The topological polar surface area (TPSA) is 87.7 Å². The molecular formula is C22H24N4O2. The fourth-order valence-corrected chi connectivity index (χ4v) is 3.03. The van der Waals surface area contributed by atoms with Gasteiger partial charge >= 0.3 is 0 Å². The predicted octanol–water partition coefficient (Wildman–Crippen LogP) is 2.82. The summed E-state index contributed by atoms with van der Waals surface area (Å²) in [6.07, 6.45) is 3.37. The number of rotatable bonds is 7. The van der Waals surface area contributed by atoms with Gasteiger partial charge in [0.1, 0.15) is 5.69 Å². The Hall–Kier alpha value is -3.28. The van der Waals surface area contributed by atoms with Crippen molar-refractivity contribution in [2.75, 3.05) is 0 Å². The van der Waals surface area contributed by atoms with Crippen molar-refractivity contribution in [2.24, 2.45) is 0 Å². The van der Waals surface area contributed by atoms with Gasteiger partial charge in [0.2, 0.25) is 5.91 Å². The summed E-state index contributed by atoms with van der Waals surface area (Å²) in [4.78, 5) is 36.2. The molecule has 0 bridgehead atoms. The molecule has 2 heterocycles. The number of amides is 1. The van der Waals surface area contributed by atoms with Crippen molar-refractivity contribution in [1.82, 2.24) is 20.3 Å². The van der Waals surface area contributed by atoms with Gasteiger partial charge in [0.25, 0.3) is 5.56 Å². The van der Waals surface area contributed by atoms with E-state index in [1.54, 1.807) is 25.3 Å². The van der Waals surface area contributed by atoms with Crippen LogP contribution in [0.4, 0.5) is 0 Å². The Kier molecular flexibility index (Phi) is 6.32. The first-order valence-corrected chi connectivity index (χ1v) is 9.37. The lowest BCUT2D eigenvalue weighted by Gasteiger charge is -2.14. The zero-order valence-corrected chi connectivity index (χ0v) is 16.1. The predicted molar refractivity (Wildman–Crippen MR) is 109 cm³/mol. The molecule has 0 unspecified atom stereocenters. The number of pyridine rings is 1. The standard InChI is InChI=1S/C22H24N4O2/c1-15(11-12-17-8-4-3-5-9-17)24-20(27)14-18-16(2)25-21(26-22(18)28)19-10-6-7-13-23-19/h3-10,13,15H,11-12,14H2,1-2H3,(H,24,27)(H,25,26,28)/t15-/m1/s1. The van der Waals surface area contributed by atoms with Crippen LogP contribution < -0.4 is 10.9 Å². The Labute approximate surface area is 164 Å². The Balaban J connectivity index is 1.61. The highest BCUT2D eigenvalue weighted by Crippen LogP contribution is 2.11. The van der Waals surface area contributed by atoms with Crippen molar-refractivity contribution in [3.63, 3.8) is 0 Å². The van der Waals surface area contributed by atoms with Crippen molar-refractivity contribution < 1.29 is 4.79 Å². The van der Waals surface area contributed by atoms with Gasteiger partial charge < -0.3 is 10.3 Å². The van der Waals surface area contributed by atoms with Crippen LogP contribution in [0.15, 0.2) is 59.5 Å².